The summed E-state index contributed by atoms with van der Waals surface area (Å²) < 4.78 is 30.7. The Morgan fingerprint density at radius 3 is 2.05 bits per heavy atom. The fourth-order valence-corrected chi connectivity index (χ4v) is 4.86. The molecule has 0 radical (unpaired) electrons. The third-order valence-corrected chi connectivity index (χ3v) is 7.05. The van der Waals surface area contributed by atoms with Crippen molar-refractivity contribution in [2.75, 3.05) is 26.4 Å². The third kappa shape index (κ3) is 10.5. The molecule has 1 N–H and O–H groups in total. The minimum Gasteiger partial charge on any atom is -0.451 e. The number of rotatable bonds is 17. The van der Waals surface area contributed by atoms with Crippen molar-refractivity contribution in [1.29, 1.82) is 0 Å². The van der Waals surface area contributed by atoms with Crippen molar-refractivity contribution in [3.05, 3.63) is 118 Å². The lowest BCUT2D eigenvalue weighted by atomic mass is 9.90. The van der Waals surface area contributed by atoms with Crippen molar-refractivity contribution in [3.8, 4) is 0 Å². The van der Waals surface area contributed by atoms with Gasteiger partial charge in [0, 0.05) is 24.5 Å². The number of ether oxygens (including phenoxy) is 5. The number of nitrogens with zero attached hydrogens (tertiary/aromatic N) is 3. The van der Waals surface area contributed by atoms with Crippen molar-refractivity contribution in [2.24, 2.45) is 5.11 Å². The molecule has 0 aliphatic carbocycles. The summed E-state index contributed by atoms with van der Waals surface area (Å²) in [6, 6.07) is 28.2. The van der Waals surface area contributed by atoms with E-state index in [0.29, 0.717) is 38.3 Å². The first-order valence-electron chi connectivity index (χ1n) is 14.6. The van der Waals surface area contributed by atoms with E-state index < -0.39 is 30.1 Å². The molecule has 3 aromatic rings. The number of unbranched alkanes of at least 4 members (excludes halogenated alkanes) is 2. The third-order valence-electron chi connectivity index (χ3n) is 7.05. The molecule has 1 fully saturated rings. The van der Waals surface area contributed by atoms with Crippen LogP contribution in [0.1, 0.15) is 47.2 Å². The lowest BCUT2D eigenvalue weighted by Gasteiger charge is -2.46. The van der Waals surface area contributed by atoms with Crippen LogP contribution in [0.2, 0.25) is 0 Å². The lowest BCUT2D eigenvalue weighted by molar-refractivity contribution is -0.316. The number of hydrogen-bond donors (Lipinski definition) is 1. The second-order valence-electron chi connectivity index (χ2n) is 10.5. The molecule has 0 amide bonds. The maximum Gasteiger partial charge on any atom is 0.338 e. The number of carbonyl (C=O) groups excluding carboxylic acids is 1. The number of azide groups is 1. The molecule has 10 heteroatoms. The predicted octanol–water partition coefficient (Wildman–Crippen LogP) is 5.99. The monoisotopic (exact) mass is 589 g/mol. The molecule has 0 bridgehead atoms. The van der Waals surface area contributed by atoms with Crippen molar-refractivity contribution in [1.82, 2.24) is 0 Å². The van der Waals surface area contributed by atoms with E-state index in [1.165, 1.54) is 0 Å². The summed E-state index contributed by atoms with van der Waals surface area (Å²) in [4.78, 5) is 15.7. The Hall–Kier alpha value is -3.76. The molecule has 0 aromatic heterocycles. The van der Waals surface area contributed by atoms with Gasteiger partial charge in [-0.2, -0.15) is 0 Å². The standard InChI is InChI=1S/C33H39N3O7/c34-36-35-19-11-4-12-20-41-32-30(42-31(38)28-17-9-3-10-18-28)29(37)21-33(43-32,24-39-22-26-13-5-1-6-14-26)25-40-23-27-15-7-2-8-16-27/h1-3,5-10,13-18,29-30,32,37H,4,11-12,19-25H2/t29?,30?,32-/m0/s1. The van der Waals surface area contributed by atoms with Crippen molar-refractivity contribution in [2.45, 2.75) is 63.0 Å². The predicted molar refractivity (Wildman–Crippen MR) is 160 cm³/mol. The Bertz CT molecular complexity index is 1230. The van der Waals surface area contributed by atoms with E-state index in [9.17, 15) is 9.90 Å². The molecule has 1 aliphatic rings. The normalized spacial score (nSPS) is 19.3. The summed E-state index contributed by atoms with van der Waals surface area (Å²) in [6.45, 7) is 1.65. The van der Waals surface area contributed by atoms with Crippen LogP contribution in [0, 0.1) is 0 Å². The van der Waals surface area contributed by atoms with Gasteiger partial charge < -0.3 is 28.8 Å². The van der Waals surface area contributed by atoms with Crippen molar-refractivity contribution >= 4 is 5.97 Å². The van der Waals surface area contributed by atoms with Gasteiger partial charge in [0.25, 0.3) is 0 Å². The first kappa shape index (κ1) is 32.2. The average Bonchev–Trinajstić information content (AvgIpc) is 3.03. The van der Waals surface area contributed by atoms with Gasteiger partial charge in [-0.05, 0) is 41.6 Å². The van der Waals surface area contributed by atoms with Crippen LogP contribution in [0.4, 0.5) is 0 Å². The lowest BCUT2D eigenvalue weighted by Crippen LogP contribution is -2.60. The highest BCUT2D eigenvalue weighted by atomic mass is 16.7. The number of hydrogen-bond acceptors (Lipinski definition) is 8. The van der Waals surface area contributed by atoms with Crippen LogP contribution in [0.25, 0.3) is 10.4 Å². The zero-order chi connectivity index (χ0) is 30.2. The van der Waals surface area contributed by atoms with E-state index >= 15 is 0 Å². The Morgan fingerprint density at radius 1 is 0.884 bits per heavy atom. The van der Waals surface area contributed by atoms with Gasteiger partial charge in [0.2, 0.25) is 0 Å². The van der Waals surface area contributed by atoms with Crippen LogP contribution in [0.15, 0.2) is 96.1 Å². The molecule has 0 saturated carbocycles. The van der Waals surface area contributed by atoms with E-state index in [4.69, 9.17) is 29.2 Å². The fourth-order valence-electron chi connectivity index (χ4n) is 4.86. The first-order valence-corrected chi connectivity index (χ1v) is 14.6. The van der Waals surface area contributed by atoms with E-state index in [1.807, 2.05) is 66.7 Å². The maximum absolute atomic E-state index is 13.0. The Morgan fingerprint density at radius 2 is 1.47 bits per heavy atom. The van der Waals surface area contributed by atoms with Crippen LogP contribution in [0.5, 0.6) is 0 Å². The molecule has 0 spiro atoms. The topological polar surface area (TPSA) is 132 Å². The number of esters is 1. The van der Waals surface area contributed by atoms with Gasteiger partial charge in [-0.3, -0.25) is 0 Å². The Kier molecular flexibility index (Phi) is 13.0. The summed E-state index contributed by atoms with van der Waals surface area (Å²) >= 11 is 0. The molecule has 228 valence electrons. The summed E-state index contributed by atoms with van der Waals surface area (Å²) in [5.74, 6) is -0.579. The van der Waals surface area contributed by atoms with E-state index in [2.05, 4.69) is 10.0 Å². The van der Waals surface area contributed by atoms with Gasteiger partial charge in [0.05, 0.1) is 38.1 Å². The quantitative estimate of drug-likeness (QED) is 0.0672. The van der Waals surface area contributed by atoms with Crippen molar-refractivity contribution in [3.63, 3.8) is 0 Å². The van der Waals surface area contributed by atoms with Gasteiger partial charge >= 0.3 is 5.97 Å². The Balaban J connectivity index is 1.48. The van der Waals surface area contributed by atoms with Gasteiger partial charge in [-0.25, -0.2) is 4.79 Å². The van der Waals surface area contributed by atoms with Crippen LogP contribution in [-0.4, -0.2) is 61.5 Å². The fraction of sp³-hybridized carbons (Fsp3) is 0.424. The molecule has 10 nitrogen and oxygen atoms in total. The highest BCUT2D eigenvalue weighted by Gasteiger charge is 2.50. The van der Waals surface area contributed by atoms with Crippen LogP contribution < -0.4 is 0 Å². The Labute approximate surface area is 252 Å². The van der Waals surface area contributed by atoms with Crippen LogP contribution >= 0.6 is 0 Å². The molecule has 1 aliphatic heterocycles. The van der Waals surface area contributed by atoms with Crippen LogP contribution in [-0.2, 0) is 36.9 Å². The summed E-state index contributed by atoms with van der Waals surface area (Å²) in [5, 5.41) is 15.0. The van der Waals surface area contributed by atoms with Gasteiger partial charge in [0.15, 0.2) is 12.4 Å². The highest BCUT2D eigenvalue weighted by molar-refractivity contribution is 5.89. The number of aliphatic hydroxyl groups is 1. The largest absolute Gasteiger partial charge is 0.451 e. The molecule has 1 saturated heterocycles. The molecule has 43 heavy (non-hydrogen) atoms. The number of benzene rings is 3. The van der Waals surface area contributed by atoms with Gasteiger partial charge in [-0.1, -0.05) is 90.4 Å². The molecular weight excluding hydrogens is 550 g/mol. The molecule has 3 aromatic carbocycles. The highest BCUT2D eigenvalue weighted by Crippen LogP contribution is 2.34. The van der Waals surface area contributed by atoms with E-state index in [-0.39, 0.29) is 19.6 Å². The number of aliphatic hydroxyl groups excluding tert-OH is 1. The minimum atomic E-state index is -1.10. The molecule has 3 atom stereocenters. The summed E-state index contributed by atoms with van der Waals surface area (Å²) in [7, 11) is 0. The second kappa shape index (κ2) is 17.4. The summed E-state index contributed by atoms with van der Waals surface area (Å²) in [6.07, 6.45) is -0.959. The zero-order valence-electron chi connectivity index (χ0n) is 24.2. The van der Waals surface area contributed by atoms with Gasteiger partial charge in [0.1, 0.15) is 5.60 Å². The molecule has 4 rings (SSSR count). The minimum absolute atomic E-state index is 0.106. The molecular formula is C33H39N3O7. The zero-order valence-corrected chi connectivity index (χ0v) is 24.2. The van der Waals surface area contributed by atoms with Crippen LogP contribution in [0.3, 0.4) is 0 Å². The second-order valence-corrected chi connectivity index (χ2v) is 10.5. The average molecular weight is 590 g/mol. The van der Waals surface area contributed by atoms with Gasteiger partial charge in [-0.15, -0.1) is 0 Å². The SMILES string of the molecule is [N-]=[N+]=NCCCCCO[C@H]1OC(COCc2ccccc2)(COCc2ccccc2)CC(O)C1OC(=O)c1ccccc1. The van der Waals surface area contributed by atoms with E-state index in [0.717, 1.165) is 24.0 Å². The van der Waals surface area contributed by atoms with Crippen molar-refractivity contribution < 1.29 is 33.6 Å². The maximum atomic E-state index is 13.0. The number of carbonyl (C=O) groups is 1. The first-order chi connectivity index (χ1) is 21.1. The molecule has 1 heterocycles. The smallest absolute Gasteiger partial charge is 0.338 e. The molecule has 2 unspecified atom stereocenters. The summed E-state index contributed by atoms with van der Waals surface area (Å²) in [5.41, 5.74) is 9.78. The van der Waals surface area contributed by atoms with E-state index in [1.54, 1.807) is 24.3 Å².